The van der Waals surface area contributed by atoms with Crippen molar-refractivity contribution in [3.63, 3.8) is 0 Å². The summed E-state index contributed by atoms with van der Waals surface area (Å²) in [6.07, 6.45) is -0.348. The number of primary amides is 1. The number of β-amino-alcohol motifs (C(OH)–C–C–N with tert-alkyl or cyclic N) is 1. The average Bonchev–Trinajstić information content (AvgIpc) is 2.53. The van der Waals surface area contributed by atoms with E-state index in [1.165, 1.54) is 0 Å². The highest BCUT2D eigenvalue weighted by molar-refractivity contribution is 5.94. The van der Waals surface area contributed by atoms with Crippen LogP contribution in [-0.2, 0) is 6.54 Å². The molecule has 1 fully saturated rings. The number of rotatable bonds is 5. The number of hydrogen-bond acceptors (Lipinski definition) is 4. The molecule has 4 N–H and O–H groups in total. The average molecular weight is 320 g/mol. The van der Waals surface area contributed by atoms with Gasteiger partial charge in [0.1, 0.15) is 0 Å². The second kappa shape index (κ2) is 7.94. The van der Waals surface area contributed by atoms with Crippen molar-refractivity contribution in [2.75, 3.05) is 32.7 Å². The van der Waals surface area contributed by atoms with Crippen molar-refractivity contribution in [3.05, 3.63) is 35.4 Å². The van der Waals surface area contributed by atoms with E-state index < -0.39 is 6.03 Å². The Balaban J connectivity index is 1.87. The molecule has 1 heterocycles. The lowest BCUT2D eigenvalue weighted by atomic mass is 10.1. The molecule has 0 bridgehead atoms. The van der Waals surface area contributed by atoms with Gasteiger partial charge >= 0.3 is 6.03 Å². The molecule has 0 saturated carbocycles. The predicted molar refractivity (Wildman–Crippen MR) is 86.9 cm³/mol. The van der Waals surface area contributed by atoms with Crippen LogP contribution in [0.15, 0.2) is 24.3 Å². The molecule has 126 valence electrons. The molecular formula is C16H24N4O3. The van der Waals surface area contributed by atoms with E-state index in [1.54, 1.807) is 19.1 Å². The van der Waals surface area contributed by atoms with Crippen LogP contribution in [0.5, 0.6) is 0 Å². The highest BCUT2D eigenvalue weighted by Crippen LogP contribution is 2.11. The molecule has 1 atom stereocenters. The first-order valence-corrected chi connectivity index (χ1v) is 7.77. The Morgan fingerprint density at radius 1 is 1.22 bits per heavy atom. The summed E-state index contributed by atoms with van der Waals surface area (Å²) in [6.45, 7) is 5.64. The predicted octanol–water partition coefficient (Wildman–Crippen LogP) is -0.00650. The van der Waals surface area contributed by atoms with Crippen molar-refractivity contribution >= 4 is 11.9 Å². The van der Waals surface area contributed by atoms with E-state index in [0.29, 0.717) is 31.7 Å². The van der Waals surface area contributed by atoms with Crippen LogP contribution in [0.1, 0.15) is 22.8 Å². The van der Waals surface area contributed by atoms with Gasteiger partial charge in [-0.05, 0) is 24.6 Å². The molecule has 23 heavy (non-hydrogen) atoms. The van der Waals surface area contributed by atoms with Gasteiger partial charge in [-0.15, -0.1) is 0 Å². The van der Waals surface area contributed by atoms with Crippen LogP contribution in [0.4, 0.5) is 4.79 Å². The monoisotopic (exact) mass is 320 g/mol. The molecule has 0 spiro atoms. The van der Waals surface area contributed by atoms with Crippen LogP contribution in [0.3, 0.4) is 0 Å². The second-order valence-corrected chi connectivity index (χ2v) is 5.86. The summed E-state index contributed by atoms with van der Waals surface area (Å²) in [7, 11) is 0. The quantitative estimate of drug-likeness (QED) is 0.711. The molecule has 0 aromatic heterocycles. The highest BCUT2D eigenvalue weighted by Gasteiger charge is 2.22. The molecule has 7 nitrogen and oxygen atoms in total. The third-order valence-corrected chi connectivity index (χ3v) is 3.85. The lowest BCUT2D eigenvalue weighted by molar-refractivity contribution is 0.0554. The first kappa shape index (κ1) is 17.2. The fourth-order valence-corrected chi connectivity index (χ4v) is 2.64. The van der Waals surface area contributed by atoms with Gasteiger partial charge in [0.05, 0.1) is 6.10 Å². The lowest BCUT2D eigenvalue weighted by Gasteiger charge is -2.35. The molecule has 1 aliphatic heterocycles. The summed E-state index contributed by atoms with van der Waals surface area (Å²) in [5, 5.41) is 11.9. The molecule has 3 amide bonds. The Morgan fingerprint density at radius 2 is 1.83 bits per heavy atom. The number of carbonyl (C=O) groups is 2. The number of amides is 3. The minimum absolute atomic E-state index is 0.0103. The summed E-state index contributed by atoms with van der Waals surface area (Å²) in [4.78, 5) is 27.1. The Bertz CT molecular complexity index is 537. The Kier molecular flexibility index (Phi) is 5.95. The van der Waals surface area contributed by atoms with Gasteiger partial charge in [0, 0.05) is 44.8 Å². The zero-order valence-corrected chi connectivity index (χ0v) is 13.4. The van der Waals surface area contributed by atoms with E-state index in [9.17, 15) is 14.7 Å². The van der Waals surface area contributed by atoms with E-state index in [4.69, 9.17) is 5.73 Å². The van der Waals surface area contributed by atoms with Gasteiger partial charge in [-0.3, -0.25) is 9.69 Å². The minimum atomic E-state index is -0.569. The molecule has 1 aromatic rings. The fourth-order valence-electron chi connectivity index (χ4n) is 2.64. The second-order valence-electron chi connectivity index (χ2n) is 5.86. The van der Waals surface area contributed by atoms with Crippen molar-refractivity contribution in [3.8, 4) is 0 Å². The number of aliphatic hydroxyl groups is 1. The van der Waals surface area contributed by atoms with Gasteiger partial charge in [0.25, 0.3) is 5.91 Å². The number of hydrogen-bond donors (Lipinski definition) is 3. The number of nitrogens with zero attached hydrogens (tertiary/aromatic N) is 2. The van der Waals surface area contributed by atoms with Crippen LogP contribution in [0.25, 0.3) is 0 Å². The number of aliphatic hydroxyl groups excluding tert-OH is 1. The molecule has 1 aromatic carbocycles. The van der Waals surface area contributed by atoms with Gasteiger partial charge in [-0.2, -0.15) is 0 Å². The van der Waals surface area contributed by atoms with E-state index in [0.717, 1.165) is 18.7 Å². The molecule has 0 unspecified atom stereocenters. The van der Waals surface area contributed by atoms with Crippen molar-refractivity contribution in [1.82, 2.24) is 15.1 Å². The van der Waals surface area contributed by atoms with E-state index >= 15 is 0 Å². The summed E-state index contributed by atoms with van der Waals surface area (Å²) in [5.74, 6) is 0.0103. The third-order valence-electron chi connectivity index (χ3n) is 3.85. The molecular weight excluding hydrogens is 296 g/mol. The normalized spacial score (nSPS) is 16.9. The number of carbonyl (C=O) groups excluding carboxylic acids is 2. The van der Waals surface area contributed by atoms with Crippen molar-refractivity contribution in [1.29, 1.82) is 0 Å². The number of nitrogens with two attached hydrogens (primary N) is 1. The van der Waals surface area contributed by atoms with Gasteiger partial charge in [0.15, 0.2) is 0 Å². The zero-order valence-electron chi connectivity index (χ0n) is 13.4. The Labute approximate surface area is 136 Å². The Morgan fingerprint density at radius 3 is 2.35 bits per heavy atom. The van der Waals surface area contributed by atoms with Gasteiger partial charge in [0.2, 0.25) is 0 Å². The van der Waals surface area contributed by atoms with E-state index in [-0.39, 0.29) is 12.0 Å². The minimum Gasteiger partial charge on any atom is -0.392 e. The number of piperazine rings is 1. The first-order valence-electron chi connectivity index (χ1n) is 7.77. The fraction of sp³-hybridized carbons (Fsp3) is 0.500. The standard InChI is InChI=1S/C16H24N4O3/c1-12(21)11-19-6-8-20(9-7-19)15(22)14-4-2-13(3-5-14)10-18-16(17)23/h2-5,12,21H,6-11H2,1H3,(H3,17,18,23)/t12-/m1/s1. The maximum Gasteiger partial charge on any atom is 0.312 e. The van der Waals surface area contributed by atoms with Crippen LogP contribution in [-0.4, -0.2) is 65.7 Å². The molecule has 0 aliphatic carbocycles. The van der Waals surface area contributed by atoms with Gasteiger partial charge < -0.3 is 21.1 Å². The molecule has 1 saturated heterocycles. The largest absolute Gasteiger partial charge is 0.392 e. The van der Waals surface area contributed by atoms with Gasteiger partial charge in [-0.1, -0.05) is 12.1 Å². The zero-order chi connectivity index (χ0) is 16.8. The number of benzene rings is 1. The summed E-state index contributed by atoms with van der Waals surface area (Å²) < 4.78 is 0. The Hall–Kier alpha value is -2.12. The first-order chi connectivity index (χ1) is 11.0. The summed E-state index contributed by atoms with van der Waals surface area (Å²) in [5.41, 5.74) is 6.55. The van der Waals surface area contributed by atoms with Crippen molar-refractivity contribution in [2.24, 2.45) is 5.73 Å². The molecule has 0 radical (unpaired) electrons. The molecule has 1 aliphatic rings. The summed E-state index contributed by atoms with van der Waals surface area (Å²) in [6, 6.07) is 6.59. The van der Waals surface area contributed by atoms with E-state index in [2.05, 4.69) is 10.2 Å². The maximum absolute atomic E-state index is 12.5. The van der Waals surface area contributed by atoms with Gasteiger partial charge in [-0.25, -0.2) is 4.79 Å². The number of urea groups is 1. The maximum atomic E-state index is 12.5. The molecule has 2 rings (SSSR count). The topological polar surface area (TPSA) is 98.9 Å². The van der Waals surface area contributed by atoms with Crippen LogP contribution in [0.2, 0.25) is 0 Å². The smallest absolute Gasteiger partial charge is 0.312 e. The van der Waals surface area contributed by atoms with Crippen LogP contribution in [0, 0.1) is 0 Å². The number of nitrogens with one attached hydrogen (secondary N) is 1. The van der Waals surface area contributed by atoms with Crippen molar-refractivity contribution < 1.29 is 14.7 Å². The highest BCUT2D eigenvalue weighted by atomic mass is 16.3. The van der Waals surface area contributed by atoms with E-state index in [1.807, 2.05) is 17.0 Å². The summed E-state index contributed by atoms with van der Waals surface area (Å²) >= 11 is 0. The third kappa shape index (κ3) is 5.22. The van der Waals surface area contributed by atoms with Crippen LogP contribution < -0.4 is 11.1 Å². The van der Waals surface area contributed by atoms with Crippen LogP contribution >= 0.6 is 0 Å². The van der Waals surface area contributed by atoms with Crippen molar-refractivity contribution in [2.45, 2.75) is 19.6 Å². The lowest BCUT2D eigenvalue weighted by Crippen LogP contribution is -2.50. The SMILES string of the molecule is C[C@@H](O)CN1CCN(C(=O)c2ccc(CNC(N)=O)cc2)CC1. The molecule has 7 heteroatoms.